The van der Waals surface area contributed by atoms with Crippen LogP contribution in [0.15, 0.2) is 41.3 Å². The monoisotopic (exact) mass is 200 g/mol. The van der Waals surface area contributed by atoms with E-state index in [2.05, 4.69) is 23.7 Å². The molecular weight excluding hydrogens is 192 g/mol. The van der Waals surface area contributed by atoms with E-state index in [1.54, 1.807) is 6.07 Å². The molecule has 0 fully saturated rings. The van der Waals surface area contributed by atoms with E-state index in [0.717, 1.165) is 16.2 Å². The van der Waals surface area contributed by atoms with Crippen LogP contribution in [0.25, 0.3) is 11.3 Å². The number of nitrogens with one attached hydrogen (secondary N) is 1. The first-order valence-corrected chi connectivity index (χ1v) is 4.63. The van der Waals surface area contributed by atoms with E-state index in [9.17, 15) is 0 Å². The van der Waals surface area contributed by atoms with Crippen molar-refractivity contribution in [2.24, 2.45) is 0 Å². The SMILES string of the molecule is N#Cc1ccc(-c2ccccc2S)[nH]1. The van der Waals surface area contributed by atoms with Crippen molar-refractivity contribution in [2.45, 2.75) is 4.90 Å². The topological polar surface area (TPSA) is 39.6 Å². The molecule has 0 atom stereocenters. The van der Waals surface area contributed by atoms with E-state index in [1.807, 2.05) is 30.3 Å². The smallest absolute Gasteiger partial charge is 0.118 e. The van der Waals surface area contributed by atoms with Gasteiger partial charge in [0, 0.05) is 16.2 Å². The fraction of sp³-hybridized carbons (Fsp3) is 0. The number of nitrogens with zero attached hydrogens (tertiary/aromatic N) is 1. The molecular formula is C11H8N2S. The number of hydrogen-bond donors (Lipinski definition) is 2. The van der Waals surface area contributed by atoms with Crippen molar-refractivity contribution in [3.63, 3.8) is 0 Å². The summed E-state index contributed by atoms with van der Waals surface area (Å²) in [7, 11) is 0. The lowest BCUT2D eigenvalue weighted by atomic mass is 10.1. The first-order chi connectivity index (χ1) is 6.81. The predicted octanol–water partition coefficient (Wildman–Crippen LogP) is 2.84. The Bertz CT molecular complexity index is 494. The van der Waals surface area contributed by atoms with E-state index >= 15 is 0 Å². The van der Waals surface area contributed by atoms with Crippen LogP contribution in [0.2, 0.25) is 0 Å². The van der Waals surface area contributed by atoms with Gasteiger partial charge in [0.15, 0.2) is 0 Å². The van der Waals surface area contributed by atoms with Crippen molar-refractivity contribution in [3.05, 3.63) is 42.1 Å². The Kier molecular flexibility index (Phi) is 2.30. The van der Waals surface area contributed by atoms with Gasteiger partial charge in [-0.05, 0) is 18.2 Å². The van der Waals surface area contributed by atoms with Crippen LogP contribution in [0.1, 0.15) is 5.69 Å². The summed E-state index contributed by atoms with van der Waals surface area (Å²) in [6.07, 6.45) is 0. The molecule has 0 bridgehead atoms. The van der Waals surface area contributed by atoms with Crippen LogP contribution >= 0.6 is 12.6 Å². The standard InChI is InChI=1S/C11H8N2S/c12-7-8-5-6-10(13-8)9-3-1-2-4-11(9)14/h1-6,13-14H. The van der Waals surface area contributed by atoms with Crippen molar-refractivity contribution in [3.8, 4) is 17.3 Å². The van der Waals surface area contributed by atoms with Gasteiger partial charge in [-0.1, -0.05) is 18.2 Å². The molecule has 2 aromatic rings. The van der Waals surface area contributed by atoms with Crippen LogP contribution in [-0.2, 0) is 0 Å². The lowest BCUT2D eigenvalue weighted by Crippen LogP contribution is -1.80. The predicted molar refractivity (Wildman–Crippen MR) is 58.2 cm³/mol. The van der Waals surface area contributed by atoms with Crippen LogP contribution in [0.3, 0.4) is 0 Å². The maximum absolute atomic E-state index is 8.67. The Labute approximate surface area is 87.6 Å². The molecule has 68 valence electrons. The summed E-state index contributed by atoms with van der Waals surface area (Å²) in [5.74, 6) is 0. The van der Waals surface area contributed by atoms with Crippen molar-refractivity contribution < 1.29 is 0 Å². The molecule has 2 nitrogen and oxygen atoms in total. The minimum atomic E-state index is 0.566. The maximum atomic E-state index is 8.67. The van der Waals surface area contributed by atoms with Crippen LogP contribution in [-0.4, -0.2) is 4.98 Å². The highest BCUT2D eigenvalue weighted by Crippen LogP contribution is 2.25. The lowest BCUT2D eigenvalue weighted by Gasteiger charge is -2.00. The molecule has 0 aliphatic heterocycles. The highest BCUT2D eigenvalue weighted by molar-refractivity contribution is 7.80. The second kappa shape index (κ2) is 3.60. The molecule has 0 unspecified atom stereocenters. The minimum Gasteiger partial charge on any atom is -0.346 e. The second-order valence-corrected chi connectivity index (χ2v) is 3.40. The zero-order valence-corrected chi connectivity index (χ0v) is 8.25. The Hall–Kier alpha value is -1.66. The number of H-pyrrole nitrogens is 1. The number of aromatic nitrogens is 1. The summed E-state index contributed by atoms with van der Waals surface area (Å²) < 4.78 is 0. The molecule has 0 saturated carbocycles. The summed E-state index contributed by atoms with van der Waals surface area (Å²) in [4.78, 5) is 3.91. The molecule has 0 aliphatic rings. The van der Waals surface area contributed by atoms with E-state index in [4.69, 9.17) is 5.26 Å². The summed E-state index contributed by atoms with van der Waals surface area (Å²) in [5, 5.41) is 8.67. The van der Waals surface area contributed by atoms with Gasteiger partial charge in [-0.2, -0.15) is 5.26 Å². The van der Waals surface area contributed by atoms with Crippen LogP contribution in [0, 0.1) is 11.3 Å². The number of thiol groups is 1. The van der Waals surface area contributed by atoms with Gasteiger partial charge in [-0.3, -0.25) is 0 Å². The third-order valence-electron chi connectivity index (χ3n) is 2.00. The van der Waals surface area contributed by atoms with Gasteiger partial charge in [0.1, 0.15) is 11.8 Å². The maximum Gasteiger partial charge on any atom is 0.118 e. The first kappa shape index (κ1) is 8.92. The molecule has 0 radical (unpaired) electrons. The third kappa shape index (κ3) is 1.52. The van der Waals surface area contributed by atoms with Gasteiger partial charge in [0.2, 0.25) is 0 Å². The molecule has 0 amide bonds. The summed E-state index contributed by atoms with van der Waals surface area (Å²) in [5.41, 5.74) is 2.50. The number of benzene rings is 1. The molecule has 0 saturated heterocycles. The van der Waals surface area contributed by atoms with Gasteiger partial charge in [0.25, 0.3) is 0 Å². The molecule has 0 aliphatic carbocycles. The molecule has 1 aromatic heterocycles. The first-order valence-electron chi connectivity index (χ1n) is 4.19. The van der Waals surface area contributed by atoms with E-state index in [1.165, 1.54) is 0 Å². The molecule has 2 rings (SSSR count). The normalized spacial score (nSPS) is 9.71. The Morgan fingerprint density at radius 2 is 1.93 bits per heavy atom. The summed E-state index contributed by atoms with van der Waals surface area (Å²) >= 11 is 4.34. The number of aromatic amines is 1. The summed E-state index contributed by atoms with van der Waals surface area (Å²) in [6, 6.07) is 13.5. The quantitative estimate of drug-likeness (QED) is 0.683. The molecule has 1 aromatic carbocycles. The van der Waals surface area contributed by atoms with E-state index < -0.39 is 0 Å². The van der Waals surface area contributed by atoms with Crippen molar-refractivity contribution in [2.75, 3.05) is 0 Å². The second-order valence-electron chi connectivity index (χ2n) is 2.91. The van der Waals surface area contributed by atoms with E-state index in [0.29, 0.717) is 5.69 Å². The fourth-order valence-corrected chi connectivity index (χ4v) is 1.60. The minimum absolute atomic E-state index is 0.566. The molecule has 1 N–H and O–H groups in total. The summed E-state index contributed by atoms with van der Waals surface area (Å²) in [6.45, 7) is 0. The highest BCUT2D eigenvalue weighted by Gasteiger charge is 2.03. The average Bonchev–Trinajstić information content (AvgIpc) is 2.67. The van der Waals surface area contributed by atoms with Crippen LogP contribution < -0.4 is 0 Å². The average molecular weight is 200 g/mol. The third-order valence-corrected chi connectivity index (χ3v) is 2.39. The van der Waals surface area contributed by atoms with E-state index in [-0.39, 0.29) is 0 Å². The Balaban J connectivity index is 2.51. The Morgan fingerprint density at radius 1 is 1.14 bits per heavy atom. The van der Waals surface area contributed by atoms with Gasteiger partial charge in [-0.15, -0.1) is 12.6 Å². The van der Waals surface area contributed by atoms with Crippen LogP contribution in [0.5, 0.6) is 0 Å². The largest absolute Gasteiger partial charge is 0.346 e. The number of nitriles is 1. The molecule has 0 spiro atoms. The Morgan fingerprint density at radius 3 is 2.57 bits per heavy atom. The van der Waals surface area contributed by atoms with Gasteiger partial charge < -0.3 is 4.98 Å². The van der Waals surface area contributed by atoms with Crippen LogP contribution in [0.4, 0.5) is 0 Å². The molecule has 1 heterocycles. The van der Waals surface area contributed by atoms with Crippen molar-refractivity contribution in [1.29, 1.82) is 5.26 Å². The molecule has 3 heteroatoms. The number of hydrogen-bond acceptors (Lipinski definition) is 2. The van der Waals surface area contributed by atoms with Gasteiger partial charge >= 0.3 is 0 Å². The lowest BCUT2D eigenvalue weighted by molar-refractivity contribution is 1.31. The van der Waals surface area contributed by atoms with Gasteiger partial charge in [-0.25, -0.2) is 0 Å². The zero-order valence-electron chi connectivity index (χ0n) is 7.36. The number of rotatable bonds is 1. The fourth-order valence-electron chi connectivity index (χ4n) is 1.32. The van der Waals surface area contributed by atoms with Crippen molar-refractivity contribution in [1.82, 2.24) is 4.98 Å². The van der Waals surface area contributed by atoms with Gasteiger partial charge in [0.05, 0.1) is 0 Å². The zero-order chi connectivity index (χ0) is 9.97. The molecule has 14 heavy (non-hydrogen) atoms. The highest BCUT2D eigenvalue weighted by atomic mass is 32.1. The van der Waals surface area contributed by atoms with Crippen molar-refractivity contribution >= 4 is 12.6 Å².